The molecule has 1 atom stereocenters. The highest BCUT2D eigenvalue weighted by molar-refractivity contribution is 6.28. The topological polar surface area (TPSA) is 97.4 Å². The van der Waals surface area contributed by atoms with Crippen LogP contribution >= 0.6 is 11.6 Å². The van der Waals surface area contributed by atoms with Crippen LogP contribution < -0.4 is 5.73 Å². The fraction of sp³-hybridized carbons (Fsp3) is 0.211. The van der Waals surface area contributed by atoms with Gasteiger partial charge in [-0.1, -0.05) is 12.1 Å². The number of carbonyl (C=O) groups is 1. The number of hydrogen-bond donors (Lipinski definition) is 1. The lowest BCUT2D eigenvalue weighted by molar-refractivity contribution is 0.0996. The molecule has 27 heavy (non-hydrogen) atoms. The van der Waals surface area contributed by atoms with Crippen molar-refractivity contribution >= 4 is 34.6 Å². The average Bonchev–Trinajstić information content (AvgIpc) is 3.08. The number of nitrogens with two attached hydrogens (primary N) is 1. The Morgan fingerprint density at radius 2 is 2.04 bits per heavy atom. The Balaban J connectivity index is 1.76. The molecule has 0 bridgehead atoms. The second-order valence-corrected chi connectivity index (χ2v) is 6.90. The summed E-state index contributed by atoms with van der Waals surface area (Å²) in [6.07, 6.45) is 5.92. The lowest BCUT2D eigenvalue weighted by Crippen LogP contribution is -2.16. The van der Waals surface area contributed by atoms with Crippen molar-refractivity contribution in [3.8, 4) is 0 Å². The molecule has 0 aliphatic carbocycles. The van der Waals surface area contributed by atoms with Gasteiger partial charge in [-0.05, 0) is 40.4 Å². The first-order valence-electron chi connectivity index (χ1n) is 8.44. The third-order valence-corrected chi connectivity index (χ3v) is 4.74. The van der Waals surface area contributed by atoms with Gasteiger partial charge in [-0.2, -0.15) is 5.10 Å². The van der Waals surface area contributed by atoms with Gasteiger partial charge in [0.25, 0.3) is 5.91 Å². The first-order valence-corrected chi connectivity index (χ1v) is 8.82. The summed E-state index contributed by atoms with van der Waals surface area (Å²) in [6.45, 7) is 0.751. The van der Waals surface area contributed by atoms with Crippen molar-refractivity contribution in [2.75, 3.05) is 13.6 Å². The highest BCUT2D eigenvalue weighted by Crippen LogP contribution is 2.29. The van der Waals surface area contributed by atoms with Gasteiger partial charge in [-0.3, -0.25) is 9.80 Å². The predicted octanol–water partition coefficient (Wildman–Crippen LogP) is 2.38. The van der Waals surface area contributed by atoms with Gasteiger partial charge in [-0.15, -0.1) is 0 Å². The summed E-state index contributed by atoms with van der Waals surface area (Å²) in [4.78, 5) is 24.2. The van der Waals surface area contributed by atoms with Crippen molar-refractivity contribution < 1.29 is 4.79 Å². The van der Waals surface area contributed by atoms with E-state index in [0.717, 1.165) is 34.1 Å². The Kier molecular flexibility index (Phi) is 4.45. The van der Waals surface area contributed by atoms with Crippen LogP contribution in [0.1, 0.15) is 33.1 Å². The Labute approximate surface area is 160 Å². The van der Waals surface area contributed by atoms with Gasteiger partial charge < -0.3 is 5.73 Å². The van der Waals surface area contributed by atoms with Crippen LogP contribution in [-0.4, -0.2) is 45.7 Å². The van der Waals surface area contributed by atoms with Gasteiger partial charge in [0.2, 0.25) is 5.28 Å². The number of amides is 1. The quantitative estimate of drug-likeness (QED) is 0.701. The normalized spacial score (nSPS) is 16.2. The van der Waals surface area contributed by atoms with Gasteiger partial charge >= 0.3 is 0 Å². The SMILES string of the molecule is CN1CC(c2cc(C(N)=O)nc3cc(Cc4cnc(Cl)nc4)ccc23)C=N1. The molecule has 0 radical (unpaired) electrons. The molecule has 2 aromatic heterocycles. The number of rotatable bonds is 4. The first kappa shape index (κ1) is 17.4. The molecule has 3 heterocycles. The molecule has 8 heteroatoms. The maximum Gasteiger partial charge on any atom is 0.267 e. The number of fused-ring (bicyclic) bond motifs is 1. The molecular formula is C19H17ClN6O. The molecule has 0 fully saturated rings. The zero-order valence-electron chi connectivity index (χ0n) is 14.6. The van der Waals surface area contributed by atoms with E-state index in [4.69, 9.17) is 17.3 Å². The number of likely N-dealkylation sites (N-methyl/N-ethyl adjacent to an activating group) is 1. The van der Waals surface area contributed by atoms with Crippen LogP contribution in [0.2, 0.25) is 5.28 Å². The fourth-order valence-corrected chi connectivity index (χ4v) is 3.36. The van der Waals surface area contributed by atoms with E-state index in [-0.39, 0.29) is 16.9 Å². The summed E-state index contributed by atoms with van der Waals surface area (Å²) in [5.41, 5.74) is 9.47. The predicted molar refractivity (Wildman–Crippen MR) is 104 cm³/mol. The summed E-state index contributed by atoms with van der Waals surface area (Å²) < 4.78 is 0. The molecule has 1 amide bonds. The highest BCUT2D eigenvalue weighted by Gasteiger charge is 2.21. The number of halogens is 1. The molecule has 7 nitrogen and oxygen atoms in total. The monoisotopic (exact) mass is 380 g/mol. The van der Waals surface area contributed by atoms with Gasteiger partial charge in [0.15, 0.2) is 0 Å². The zero-order valence-corrected chi connectivity index (χ0v) is 15.4. The molecule has 0 saturated carbocycles. The second kappa shape index (κ2) is 6.92. The van der Waals surface area contributed by atoms with E-state index in [1.165, 1.54) is 0 Å². The number of pyridine rings is 1. The number of primary amides is 1. The fourth-order valence-electron chi connectivity index (χ4n) is 3.26. The maximum absolute atomic E-state index is 11.8. The van der Waals surface area contributed by atoms with Gasteiger partial charge in [0.05, 0.1) is 5.52 Å². The Hall–Kier alpha value is -3.06. The van der Waals surface area contributed by atoms with E-state index in [1.54, 1.807) is 18.5 Å². The van der Waals surface area contributed by atoms with Crippen LogP contribution in [0, 0.1) is 0 Å². The van der Waals surface area contributed by atoms with Gasteiger partial charge in [0, 0.05) is 49.9 Å². The molecule has 4 rings (SSSR count). The molecule has 1 aromatic carbocycles. The van der Waals surface area contributed by atoms with Crippen LogP contribution in [0.25, 0.3) is 10.9 Å². The molecule has 0 spiro atoms. The van der Waals surface area contributed by atoms with E-state index in [1.807, 2.05) is 36.5 Å². The Morgan fingerprint density at radius 1 is 1.26 bits per heavy atom. The molecular weight excluding hydrogens is 364 g/mol. The number of nitrogens with zero attached hydrogens (tertiary/aromatic N) is 5. The van der Waals surface area contributed by atoms with Crippen LogP contribution in [0.4, 0.5) is 0 Å². The van der Waals surface area contributed by atoms with Crippen molar-refractivity contribution in [1.82, 2.24) is 20.0 Å². The second-order valence-electron chi connectivity index (χ2n) is 6.56. The van der Waals surface area contributed by atoms with Crippen LogP contribution in [0.3, 0.4) is 0 Å². The Morgan fingerprint density at radius 3 is 2.70 bits per heavy atom. The lowest BCUT2D eigenvalue weighted by atomic mass is 9.94. The molecule has 2 N–H and O–H groups in total. The minimum atomic E-state index is -0.544. The molecule has 136 valence electrons. The lowest BCUT2D eigenvalue weighted by Gasteiger charge is -2.15. The van der Waals surface area contributed by atoms with Crippen molar-refractivity contribution in [2.24, 2.45) is 10.8 Å². The molecule has 1 aliphatic rings. The summed E-state index contributed by atoms with van der Waals surface area (Å²) in [5, 5.41) is 7.38. The van der Waals surface area contributed by atoms with Gasteiger partial charge in [0.1, 0.15) is 5.69 Å². The number of hydrogen-bond acceptors (Lipinski definition) is 6. The maximum atomic E-state index is 11.8. The van der Waals surface area contributed by atoms with Crippen LogP contribution in [0.15, 0.2) is 41.8 Å². The molecule has 1 unspecified atom stereocenters. The number of hydrazone groups is 1. The summed E-state index contributed by atoms with van der Waals surface area (Å²) in [6, 6.07) is 7.81. The summed E-state index contributed by atoms with van der Waals surface area (Å²) in [7, 11) is 1.92. The van der Waals surface area contributed by atoms with Gasteiger partial charge in [-0.25, -0.2) is 15.0 Å². The van der Waals surface area contributed by atoms with Crippen molar-refractivity contribution in [1.29, 1.82) is 0 Å². The average molecular weight is 381 g/mol. The standard InChI is InChI=1S/C19H17ClN6O/c1-26-10-13(9-24-26)15-6-17(18(21)27)25-16-5-11(2-3-14(15)16)4-12-7-22-19(20)23-8-12/h2-3,5-9,13H,4,10H2,1H3,(H2,21,27). The number of carbonyl (C=O) groups excluding carboxylic acids is 1. The molecule has 1 aliphatic heterocycles. The van der Waals surface area contributed by atoms with E-state index in [9.17, 15) is 4.79 Å². The Bertz CT molecular complexity index is 1050. The van der Waals surface area contributed by atoms with Crippen LogP contribution in [-0.2, 0) is 6.42 Å². The van der Waals surface area contributed by atoms with E-state index in [0.29, 0.717) is 6.42 Å². The summed E-state index contributed by atoms with van der Waals surface area (Å²) in [5.74, 6) is -0.452. The van der Waals surface area contributed by atoms with E-state index in [2.05, 4.69) is 20.1 Å². The zero-order chi connectivity index (χ0) is 19.0. The van der Waals surface area contributed by atoms with Crippen molar-refractivity contribution in [3.05, 3.63) is 64.3 Å². The van der Waals surface area contributed by atoms with Crippen LogP contribution in [0.5, 0.6) is 0 Å². The van der Waals surface area contributed by atoms with E-state index < -0.39 is 5.91 Å². The molecule has 3 aromatic rings. The van der Waals surface area contributed by atoms with E-state index >= 15 is 0 Å². The third kappa shape index (κ3) is 3.59. The number of aromatic nitrogens is 3. The third-order valence-electron chi connectivity index (χ3n) is 4.54. The van der Waals surface area contributed by atoms with Crippen molar-refractivity contribution in [2.45, 2.75) is 12.3 Å². The largest absolute Gasteiger partial charge is 0.364 e. The minimum Gasteiger partial charge on any atom is -0.364 e. The first-order chi connectivity index (χ1) is 13.0. The van der Waals surface area contributed by atoms with Crippen molar-refractivity contribution in [3.63, 3.8) is 0 Å². The smallest absolute Gasteiger partial charge is 0.267 e. The highest BCUT2D eigenvalue weighted by atomic mass is 35.5. The molecule has 0 saturated heterocycles. The minimum absolute atomic E-state index is 0.0918. The number of benzene rings is 1. The summed E-state index contributed by atoms with van der Waals surface area (Å²) >= 11 is 5.74.